The molecule has 0 aromatic heterocycles. The number of nitrogens with one attached hydrogen (secondary N) is 3. The number of hydrogen-bond acceptors (Lipinski definition) is 9. The van der Waals surface area contributed by atoms with E-state index in [4.69, 9.17) is 15.2 Å². The molecule has 4 bridgehead atoms. The number of alkyl carbamates (subject to hydrolysis) is 1. The van der Waals surface area contributed by atoms with Crippen molar-refractivity contribution in [3.05, 3.63) is 99.6 Å². The third kappa shape index (κ3) is 9.94. The van der Waals surface area contributed by atoms with E-state index in [0.717, 1.165) is 0 Å². The lowest BCUT2D eigenvalue weighted by molar-refractivity contribution is -0.385. The van der Waals surface area contributed by atoms with Crippen LogP contribution in [-0.4, -0.2) is 59.0 Å². The van der Waals surface area contributed by atoms with Crippen molar-refractivity contribution in [1.29, 1.82) is 0 Å². The second kappa shape index (κ2) is 16.4. The van der Waals surface area contributed by atoms with Crippen LogP contribution in [0.15, 0.2) is 77.8 Å². The van der Waals surface area contributed by atoms with Crippen molar-refractivity contribution >= 4 is 41.1 Å². The molecule has 0 radical (unpaired) electrons. The molecule has 15 heteroatoms. The largest absolute Gasteiger partial charge is 0.450 e. The van der Waals surface area contributed by atoms with Crippen LogP contribution >= 0.6 is 0 Å². The summed E-state index contributed by atoms with van der Waals surface area (Å²) in [5, 5.41) is 19.5. The van der Waals surface area contributed by atoms with Gasteiger partial charge in [-0.05, 0) is 41.3 Å². The van der Waals surface area contributed by atoms with E-state index >= 15 is 0 Å². The standard InChI is InChI=1S/C33H34N6O9/c1-2-14-35-30(41)24-15-20-8-11-23(12-9-20)48-28-17-22(10-13-27(28)39(45)46)16-25(31(42)37-26(18-29(34)40)32(43)36-24)38-33(44)47-19-21-6-4-3-5-7-21/h3-13,17,24-25H,2,14-16,18-19H2,1H3,(H2,34,40)(H,35,41)(H,36,43)(H,38,44)/t24-,25-/m0/s1. The van der Waals surface area contributed by atoms with E-state index in [-0.39, 0.29) is 36.6 Å². The number of carbonyl (C=O) groups is 5. The fourth-order valence-corrected chi connectivity index (χ4v) is 4.69. The number of carbonyl (C=O) groups excluding carboxylic acids is 5. The maximum atomic E-state index is 13.6. The highest BCUT2D eigenvalue weighted by Gasteiger charge is 2.29. The molecular weight excluding hydrogens is 624 g/mol. The summed E-state index contributed by atoms with van der Waals surface area (Å²) in [6.07, 6.45) is -1.41. The Morgan fingerprint density at radius 1 is 1.04 bits per heavy atom. The number of benzene rings is 3. The first-order valence-electron chi connectivity index (χ1n) is 15.0. The Bertz CT molecular complexity index is 1710. The first-order chi connectivity index (χ1) is 23.0. The van der Waals surface area contributed by atoms with Gasteiger partial charge in [0.1, 0.15) is 30.2 Å². The summed E-state index contributed by atoms with van der Waals surface area (Å²) in [5.74, 6) is -3.45. The van der Waals surface area contributed by atoms with Crippen LogP contribution in [0.25, 0.3) is 0 Å². The van der Waals surface area contributed by atoms with Crippen LogP contribution in [0.5, 0.6) is 11.5 Å². The fraction of sp³-hybridized carbons (Fsp3) is 0.273. The summed E-state index contributed by atoms with van der Waals surface area (Å²) in [7, 11) is 0. The van der Waals surface area contributed by atoms with Gasteiger partial charge in [-0.3, -0.25) is 29.3 Å². The van der Waals surface area contributed by atoms with Crippen molar-refractivity contribution in [2.45, 2.75) is 51.3 Å². The van der Waals surface area contributed by atoms with E-state index in [1.165, 1.54) is 18.2 Å². The van der Waals surface area contributed by atoms with E-state index < -0.39 is 58.9 Å². The molecule has 3 aromatic carbocycles. The number of aliphatic imine (C=N–C) groups is 1. The predicted molar refractivity (Wildman–Crippen MR) is 172 cm³/mol. The number of nitro benzene ring substituents is 1. The van der Waals surface area contributed by atoms with Gasteiger partial charge in [0.2, 0.25) is 17.6 Å². The van der Waals surface area contributed by atoms with Gasteiger partial charge in [0.25, 0.3) is 11.8 Å². The number of amides is 5. The van der Waals surface area contributed by atoms with Crippen molar-refractivity contribution in [3.63, 3.8) is 0 Å². The normalized spacial score (nSPS) is 16.4. The van der Waals surface area contributed by atoms with Crippen molar-refractivity contribution in [2.75, 3.05) is 6.54 Å². The molecule has 15 nitrogen and oxygen atoms in total. The molecule has 0 spiro atoms. The van der Waals surface area contributed by atoms with Gasteiger partial charge in [0.05, 0.1) is 11.3 Å². The zero-order valence-electron chi connectivity index (χ0n) is 26.0. The van der Waals surface area contributed by atoms with Crippen molar-refractivity contribution in [1.82, 2.24) is 16.0 Å². The van der Waals surface area contributed by atoms with E-state index in [9.17, 15) is 34.1 Å². The number of ether oxygens (including phenoxy) is 2. The Morgan fingerprint density at radius 2 is 1.75 bits per heavy atom. The SMILES string of the molecule is CCCNC(=O)[C@@H]1Cc2ccc(cc2)Oc2cc(ccc2[N+](=O)[O-])C[C@H](NC(=O)OCc2ccccc2)C(=O)N=C(CC(N)=O)C(=O)N1. The van der Waals surface area contributed by atoms with Crippen molar-refractivity contribution < 1.29 is 38.4 Å². The molecule has 3 aromatic rings. The Labute approximate surface area is 275 Å². The highest BCUT2D eigenvalue weighted by molar-refractivity contribution is 6.43. The number of fused-ring (bicyclic) bond motifs is 9. The van der Waals surface area contributed by atoms with E-state index in [0.29, 0.717) is 29.7 Å². The quantitative estimate of drug-likeness (QED) is 0.196. The maximum Gasteiger partial charge on any atom is 0.408 e. The Balaban J connectivity index is 1.76. The van der Waals surface area contributed by atoms with Gasteiger partial charge < -0.3 is 31.2 Å². The van der Waals surface area contributed by atoms with Crippen LogP contribution < -0.4 is 26.4 Å². The van der Waals surface area contributed by atoms with Crippen LogP contribution in [0.1, 0.15) is 36.5 Å². The molecule has 0 saturated carbocycles. The summed E-state index contributed by atoms with van der Waals surface area (Å²) in [4.78, 5) is 80.0. The lowest BCUT2D eigenvalue weighted by Gasteiger charge is -2.19. The predicted octanol–water partition coefficient (Wildman–Crippen LogP) is 2.63. The molecule has 5 rings (SSSR count). The minimum Gasteiger partial charge on any atom is -0.450 e. The summed E-state index contributed by atoms with van der Waals surface area (Å²) >= 11 is 0. The number of nitrogens with two attached hydrogens (primary N) is 1. The third-order valence-electron chi connectivity index (χ3n) is 7.07. The molecule has 48 heavy (non-hydrogen) atoms. The van der Waals surface area contributed by atoms with E-state index in [2.05, 4.69) is 20.9 Å². The van der Waals surface area contributed by atoms with Crippen LogP contribution in [0, 0.1) is 10.1 Å². The lowest BCUT2D eigenvalue weighted by atomic mass is 10.0. The third-order valence-corrected chi connectivity index (χ3v) is 7.07. The molecule has 0 fully saturated rings. The summed E-state index contributed by atoms with van der Waals surface area (Å²) < 4.78 is 11.1. The number of primary amides is 1. The smallest absolute Gasteiger partial charge is 0.408 e. The van der Waals surface area contributed by atoms with Crippen molar-refractivity contribution in [3.8, 4) is 11.5 Å². The molecule has 2 aliphatic rings. The molecule has 250 valence electrons. The summed E-state index contributed by atoms with van der Waals surface area (Å²) in [6, 6.07) is 16.4. The molecule has 0 aliphatic carbocycles. The van der Waals surface area contributed by atoms with Gasteiger partial charge in [-0.1, -0.05) is 55.5 Å². The average molecular weight is 659 g/mol. The summed E-state index contributed by atoms with van der Waals surface area (Å²) in [6.45, 7) is 2.05. The average Bonchev–Trinajstić information content (AvgIpc) is 3.06. The highest BCUT2D eigenvalue weighted by Crippen LogP contribution is 2.33. The summed E-state index contributed by atoms with van der Waals surface area (Å²) in [5.41, 5.74) is 6.02. The molecule has 0 unspecified atom stereocenters. The van der Waals surface area contributed by atoms with Crippen molar-refractivity contribution in [2.24, 2.45) is 10.7 Å². The van der Waals surface area contributed by atoms with E-state index in [1.807, 2.05) is 6.92 Å². The highest BCUT2D eigenvalue weighted by atomic mass is 16.6. The Hall–Kier alpha value is -6.12. The second-order valence-corrected chi connectivity index (χ2v) is 10.8. The minimum atomic E-state index is -1.48. The number of nitrogens with zero attached hydrogens (tertiary/aromatic N) is 2. The van der Waals surface area contributed by atoms with Gasteiger partial charge >= 0.3 is 11.8 Å². The Morgan fingerprint density at radius 3 is 2.42 bits per heavy atom. The van der Waals surface area contributed by atoms with E-state index in [1.54, 1.807) is 54.6 Å². The zero-order valence-corrected chi connectivity index (χ0v) is 26.0. The van der Waals surface area contributed by atoms with Gasteiger partial charge in [-0.25, -0.2) is 9.79 Å². The van der Waals surface area contributed by atoms with Crippen LogP contribution in [0.3, 0.4) is 0 Å². The fourth-order valence-electron chi connectivity index (χ4n) is 4.69. The molecule has 5 N–H and O–H groups in total. The lowest BCUT2D eigenvalue weighted by Crippen LogP contribution is -2.50. The second-order valence-electron chi connectivity index (χ2n) is 10.8. The zero-order chi connectivity index (χ0) is 34.6. The minimum absolute atomic E-state index is 0.00751. The molecular formula is C33H34N6O9. The number of nitro groups is 1. The van der Waals surface area contributed by atoms with Crippen LogP contribution in [0.4, 0.5) is 10.5 Å². The van der Waals surface area contributed by atoms with Gasteiger partial charge in [0.15, 0.2) is 0 Å². The Kier molecular flexibility index (Phi) is 11.9. The van der Waals surface area contributed by atoms with Crippen LogP contribution in [0.2, 0.25) is 0 Å². The molecule has 0 saturated heterocycles. The molecule has 2 heterocycles. The first-order valence-corrected chi connectivity index (χ1v) is 15.0. The number of hydrogen-bond donors (Lipinski definition) is 4. The first kappa shape index (κ1) is 34.7. The maximum absolute atomic E-state index is 13.6. The van der Waals surface area contributed by atoms with Gasteiger partial charge in [0, 0.05) is 25.5 Å². The van der Waals surface area contributed by atoms with Gasteiger partial charge in [-0.15, -0.1) is 0 Å². The van der Waals surface area contributed by atoms with Gasteiger partial charge in [-0.2, -0.15) is 0 Å². The molecule has 2 aliphatic heterocycles. The van der Waals surface area contributed by atoms with Crippen LogP contribution in [-0.2, 0) is 43.4 Å². The number of rotatable bonds is 9. The monoisotopic (exact) mass is 658 g/mol. The molecule has 5 amide bonds. The topological polar surface area (TPSA) is 221 Å². The molecule has 2 atom stereocenters.